The molecule has 1 aromatic carbocycles. The topological polar surface area (TPSA) is 86.3 Å². The van der Waals surface area contributed by atoms with Gasteiger partial charge in [-0.25, -0.2) is 4.52 Å². The van der Waals surface area contributed by atoms with Crippen molar-refractivity contribution in [1.29, 1.82) is 0 Å². The van der Waals surface area contributed by atoms with Crippen LogP contribution in [0.5, 0.6) is 5.75 Å². The fourth-order valence-electron chi connectivity index (χ4n) is 3.34. The fourth-order valence-corrected chi connectivity index (χ4v) is 3.34. The van der Waals surface area contributed by atoms with Gasteiger partial charge in [-0.15, -0.1) is 5.10 Å². The molecule has 4 aromatic rings. The van der Waals surface area contributed by atoms with E-state index in [1.165, 1.54) is 0 Å². The molecule has 1 saturated carbocycles. The van der Waals surface area contributed by atoms with E-state index < -0.39 is 0 Å². The molecule has 30 heavy (non-hydrogen) atoms. The lowest BCUT2D eigenvalue weighted by Gasteiger charge is -2.07. The number of anilines is 1. The van der Waals surface area contributed by atoms with Gasteiger partial charge in [0, 0.05) is 30.4 Å². The molecular formula is C22H22N6O2. The van der Waals surface area contributed by atoms with E-state index in [-0.39, 0.29) is 11.8 Å². The van der Waals surface area contributed by atoms with Crippen LogP contribution < -0.4 is 10.1 Å². The number of ether oxygens (including phenoxy) is 1. The lowest BCUT2D eigenvalue weighted by Crippen LogP contribution is -2.14. The summed E-state index contributed by atoms with van der Waals surface area (Å²) in [6, 6.07) is 13.8. The zero-order valence-corrected chi connectivity index (χ0v) is 16.9. The van der Waals surface area contributed by atoms with Gasteiger partial charge in [-0.2, -0.15) is 10.1 Å². The SMILES string of the molecule is Cc1cc(COc2ccc(-c3cccn4nc(NC(=O)C5CC5)nc34)cc2)nn1C. The highest BCUT2D eigenvalue weighted by Crippen LogP contribution is 2.30. The molecule has 1 amide bonds. The molecule has 1 fully saturated rings. The Morgan fingerprint density at radius 2 is 2.00 bits per heavy atom. The number of fused-ring (bicyclic) bond motifs is 1. The quantitative estimate of drug-likeness (QED) is 0.534. The zero-order valence-electron chi connectivity index (χ0n) is 16.9. The Morgan fingerprint density at radius 3 is 2.70 bits per heavy atom. The summed E-state index contributed by atoms with van der Waals surface area (Å²) >= 11 is 0. The molecule has 0 saturated heterocycles. The third-order valence-corrected chi connectivity index (χ3v) is 5.26. The molecule has 0 atom stereocenters. The Hall–Kier alpha value is -3.68. The Balaban J connectivity index is 1.34. The van der Waals surface area contributed by atoms with Gasteiger partial charge in [0.1, 0.15) is 18.1 Å². The second kappa shape index (κ2) is 7.29. The van der Waals surface area contributed by atoms with E-state index in [4.69, 9.17) is 4.74 Å². The van der Waals surface area contributed by atoms with Gasteiger partial charge in [0.2, 0.25) is 11.9 Å². The highest BCUT2D eigenvalue weighted by molar-refractivity contribution is 5.93. The van der Waals surface area contributed by atoms with Gasteiger partial charge in [-0.05, 0) is 55.7 Å². The number of aryl methyl sites for hydroxylation is 2. The number of aromatic nitrogens is 5. The molecular weight excluding hydrogens is 380 g/mol. The van der Waals surface area contributed by atoms with Crippen molar-refractivity contribution in [2.24, 2.45) is 13.0 Å². The maximum absolute atomic E-state index is 12.0. The van der Waals surface area contributed by atoms with E-state index in [0.717, 1.165) is 41.1 Å². The molecule has 0 bridgehead atoms. The molecule has 1 aliphatic carbocycles. The predicted octanol–water partition coefficient (Wildman–Crippen LogP) is 3.37. The highest BCUT2D eigenvalue weighted by atomic mass is 16.5. The van der Waals surface area contributed by atoms with Gasteiger partial charge < -0.3 is 4.74 Å². The van der Waals surface area contributed by atoms with Gasteiger partial charge in [0.25, 0.3) is 0 Å². The lowest BCUT2D eigenvalue weighted by atomic mass is 10.1. The fraction of sp³-hybridized carbons (Fsp3) is 0.273. The summed E-state index contributed by atoms with van der Waals surface area (Å²) in [5.41, 5.74) is 4.62. The minimum absolute atomic E-state index is 0.00272. The first-order valence-electron chi connectivity index (χ1n) is 9.96. The van der Waals surface area contributed by atoms with Crippen molar-refractivity contribution in [3.8, 4) is 16.9 Å². The van der Waals surface area contributed by atoms with Crippen molar-refractivity contribution < 1.29 is 9.53 Å². The van der Waals surface area contributed by atoms with Crippen LogP contribution in [-0.2, 0) is 18.4 Å². The average molecular weight is 402 g/mol. The van der Waals surface area contributed by atoms with Crippen molar-refractivity contribution in [3.05, 3.63) is 60.0 Å². The summed E-state index contributed by atoms with van der Waals surface area (Å²) in [4.78, 5) is 16.5. The van der Waals surface area contributed by atoms with Crippen molar-refractivity contribution in [1.82, 2.24) is 24.4 Å². The van der Waals surface area contributed by atoms with Crippen LogP contribution in [0.3, 0.4) is 0 Å². The van der Waals surface area contributed by atoms with Gasteiger partial charge in [0.05, 0.1) is 0 Å². The number of rotatable bonds is 6. The predicted molar refractivity (Wildman–Crippen MR) is 112 cm³/mol. The van der Waals surface area contributed by atoms with Gasteiger partial charge in [-0.1, -0.05) is 12.1 Å². The third kappa shape index (κ3) is 3.63. The lowest BCUT2D eigenvalue weighted by molar-refractivity contribution is -0.117. The van der Waals surface area contributed by atoms with E-state index in [0.29, 0.717) is 18.2 Å². The van der Waals surface area contributed by atoms with E-state index in [1.807, 2.05) is 67.3 Å². The number of pyridine rings is 1. The van der Waals surface area contributed by atoms with E-state index >= 15 is 0 Å². The average Bonchev–Trinajstić information content (AvgIpc) is 3.44. The molecule has 5 rings (SSSR count). The maximum atomic E-state index is 12.0. The molecule has 0 unspecified atom stereocenters. The molecule has 3 aromatic heterocycles. The monoisotopic (exact) mass is 402 g/mol. The number of nitrogens with zero attached hydrogens (tertiary/aromatic N) is 5. The molecule has 0 radical (unpaired) electrons. The number of hydrogen-bond donors (Lipinski definition) is 1. The summed E-state index contributed by atoms with van der Waals surface area (Å²) in [7, 11) is 1.92. The van der Waals surface area contributed by atoms with E-state index in [1.54, 1.807) is 4.52 Å². The van der Waals surface area contributed by atoms with Crippen LogP contribution in [0, 0.1) is 12.8 Å². The minimum Gasteiger partial charge on any atom is -0.487 e. The Kier molecular flexibility index (Phi) is 4.46. The number of nitrogens with one attached hydrogen (secondary N) is 1. The number of benzene rings is 1. The molecule has 0 aliphatic heterocycles. The second-order valence-electron chi connectivity index (χ2n) is 7.60. The third-order valence-electron chi connectivity index (χ3n) is 5.26. The second-order valence-corrected chi connectivity index (χ2v) is 7.60. The Bertz CT molecular complexity index is 1200. The van der Waals surface area contributed by atoms with Crippen molar-refractivity contribution >= 4 is 17.5 Å². The van der Waals surface area contributed by atoms with Crippen molar-refractivity contribution in [2.75, 3.05) is 5.32 Å². The Morgan fingerprint density at radius 1 is 1.20 bits per heavy atom. The number of amides is 1. The number of hydrogen-bond acceptors (Lipinski definition) is 5. The summed E-state index contributed by atoms with van der Waals surface area (Å²) in [6.45, 7) is 2.43. The van der Waals surface area contributed by atoms with Crippen molar-refractivity contribution in [2.45, 2.75) is 26.4 Å². The van der Waals surface area contributed by atoms with Crippen molar-refractivity contribution in [3.63, 3.8) is 0 Å². The summed E-state index contributed by atoms with van der Waals surface area (Å²) in [5, 5.41) is 11.6. The molecule has 152 valence electrons. The molecule has 8 heteroatoms. The largest absolute Gasteiger partial charge is 0.487 e. The number of carbonyl (C=O) groups is 1. The maximum Gasteiger partial charge on any atom is 0.249 e. The van der Waals surface area contributed by atoms with E-state index in [2.05, 4.69) is 20.5 Å². The van der Waals surface area contributed by atoms with Crippen LogP contribution in [0.2, 0.25) is 0 Å². The highest BCUT2D eigenvalue weighted by Gasteiger charge is 2.30. The summed E-state index contributed by atoms with van der Waals surface area (Å²) in [5.74, 6) is 1.22. The first-order chi connectivity index (χ1) is 14.6. The number of carbonyl (C=O) groups excluding carboxylic acids is 1. The Labute approximate surface area is 173 Å². The van der Waals surface area contributed by atoms with Gasteiger partial charge in [0.15, 0.2) is 5.65 Å². The first kappa shape index (κ1) is 18.4. The summed E-state index contributed by atoms with van der Waals surface area (Å²) in [6.07, 6.45) is 3.71. The molecule has 8 nitrogen and oxygen atoms in total. The van der Waals surface area contributed by atoms with Crippen LogP contribution in [-0.4, -0.2) is 30.3 Å². The van der Waals surface area contributed by atoms with Crippen LogP contribution >= 0.6 is 0 Å². The standard InChI is InChI=1S/C22H22N6O2/c1-14-12-17(25-27(14)2)13-30-18-9-7-15(8-10-18)19-4-3-11-28-20(19)23-22(26-28)24-21(29)16-5-6-16/h3-4,7-12,16H,5-6,13H2,1-2H3,(H,24,26,29). The zero-order chi connectivity index (χ0) is 20.7. The van der Waals surface area contributed by atoms with Crippen LogP contribution in [0.25, 0.3) is 16.8 Å². The van der Waals surface area contributed by atoms with Gasteiger partial charge >= 0.3 is 0 Å². The molecule has 1 N–H and O–H groups in total. The van der Waals surface area contributed by atoms with Crippen LogP contribution in [0.4, 0.5) is 5.95 Å². The van der Waals surface area contributed by atoms with E-state index in [9.17, 15) is 4.79 Å². The van der Waals surface area contributed by atoms with Crippen LogP contribution in [0.15, 0.2) is 48.7 Å². The van der Waals surface area contributed by atoms with Crippen LogP contribution in [0.1, 0.15) is 24.2 Å². The molecule has 1 aliphatic rings. The first-order valence-corrected chi connectivity index (χ1v) is 9.96. The molecule has 0 spiro atoms. The normalized spacial score (nSPS) is 13.5. The smallest absolute Gasteiger partial charge is 0.249 e. The minimum atomic E-state index is -0.00272. The molecule has 3 heterocycles. The van der Waals surface area contributed by atoms with Gasteiger partial charge in [-0.3, -0.25) is 14.8 Å². The summed E-state index contributed by atoms with van der Waals surface area (Å²) < 4.78 is 9.38.